The van der Waals surface area contributed by atoms with Crippen LogP contribution in [0.15, 0.2) is 36.5 Å². The lowest BCUT2D eigenvalue weighted by Gasteiger charge is -2.61. The summed E-state index contributed by atoms with van der Waals surface area (Å²) in [5.74, 6) is 3.54. The summed E-state index contributed by atoms with van der Waals surface area (Å²) in [4.78, 5) is 0. The summed E-state index contributed by atoms with van der Waals surface area (Å²) in [5.41, 5.74) is 5.42. The van der Waals surface area contributed by atoms with Crippen LogP contribution in [0.25, 0.3) is 0 Å². The van der Waals surface area contributed by atoms with Crippen molar-refractivity contribution in [1.29, 1.82) is 0 Å². The first-order chi connectivity index (χ1) is 10.9. The van der Waals surface area contributed by atoms with Crippen molar-refractivity contribution in [3.63, 3.8) is 0 Å². The highest BCUT2D eigenvalue weighted by atomic mass is 14.6. The number of hydrogen-bond acceptors (Lipinski definition) is 0. The SMILES string of the molecule is C=C1CCC2(C(=C)C)C(CCC3C4CCC(=C)C4(C)CCC32)C1. The van der Waals surface area contributed by atoms with E-state index in [1.54, 1.807) is 5.57 Å². The number of hydrogen-bond donors (Lipinski definition) is 0. The van der Waals surface area contributed by atoms with E-state index >= 15 is 0 Å². The first kappa shape index (κ1) is 15.7. The van der Waals surface area contributed by atoms with Gasteiger partial charge in [-0.25, -0.2) is 0 Å². The van der Waals surface area contributed by atoms with E-state index in [1.165, 1.54) is 68.9 Å². The molecule has 0 heterocycles. The zero-order valence-electron chi connectivity index (χ0n) is 15.3. The predicted molar refractivity (Wildman–Crippen MR) is 99.1 cm³/mol. The topological polar surface area (TPSA) is 0 Å². The molecule has 0 spiro atoms. The van der Waals surface area contributed by atoms with Gasteiger partial charge in [-0.15, -0.1) is 0 Å². The Morgan fingerprint density at radius 3 is 2.52 bits per heavy atom. The lowest BCUT2D eigenvalue weighted by atomic mass is 9.43. The van der Waals surface area contributed by atoms with Crippen LogP contribution >= 0.6 is 0 Å². The summed E-state index contributed by atoms with van der Waals surface area (Å²) in [6.45, 7) is 18.2. The molecule has 0 saturated heterocycles. The van der Waals surface area contributed by atoms with Crippen molar-refractivity contribution < 1.29 is 0 Å². The smallest absolute Gasteiger partial charge is 0.00282 e. The molecule has 23 heavy (non-hydrogen) atoms. The molecule has 0 amide bonds. The third kappa shape index (κ3) is 1.96. The van der Waals surface area contributed by atoms with Crippen LogP contribution in [0.4, 0.5) is 0 Å². The second-order valence-corrected chi connectivity index (χ2v) is 9.52. The Morgan fingerprint density at radius 2 is 1.78 bits per heavy atom. The second kappa shape index (κ2) is 5.11. The summed E-state index contributed by atoms with van der Waals surface area (Å²) >= 11 is 0. The maximum atomic E-state index is 4.54. The molecule has 0 bridgehead atoms. The van der Waals surface area contributed by atoms with Crippen LogP contribution < -0.4 is 0 Å². The van der Waals surface area contributed by atoms with Crippen molar-refractivity contribution in [2.24, 2.45) is 34.5 Å². The minimum absolute atomic E-state index is 0.426. The quantitative estimate of drug-likeness (QED) is 0.473. The Bertz CT molecular complexity index is 567. The Balaban J connectivity index is 1.72. The zero-order valence-corrected chi connectivity index (χ0v) is 15.3. The van der Waals surface area contributed by atoms with Gasteiger partial charge in [-0.05, 0) is 99.2 Å². The Kier molecular flexibility index (Phi) is 3.49. The van der Waals surface area contributed by atoms with E-state index in [1.807, 2.05) is 0 Å². The molecule has 0 nitrogen and oxygen atoms in total. The van der Waals surface area contributed by atoms with Crippen molar-refractivity contribution in [3.8, 4) is 0 Å². The molecular formula is C23H34. The number of fused-ring (bicyclic) bond motifs is 5. The highest BCUT2D eigenvalue weighted by Crippen LogP contribution is 2.68. The van der Waals surface area contributed by atoms with Crippen LogP contribution in [-0.4, -0.2) is 0 Å². The molecule has 0 aliphatic heterocycles. The van der Waals surface area contributed by atoms with Crippen LogP contribution in [0.3, 0.4) is 0 Å². The minimum Gasteiger partial charge on any atom is -0.0999 e. The van der Waals surface area contributed by atoms with Gasteiger partial charge in [-0.1, -0.05) is 43.4 Å². The molecule has 4 saturated carbocycles. The third-order valence-electron chi connectivity index (χ3n) is 8.85. The van der Waals surface area contributed by atoms with Crippen LogP contribution in [-0.2, 0) is 0 Å². The Hall–Kier alpha value is -0.780. The maximum Gasteiger partial charge on any atom is -0.00282 e. The van der Waals surface area contributed by atoms with Gasteiger partial charge in [-0.3, -0.25) is 0 Å². The van der Waals surface area contributed by atoms with E-state index in [4.69, 9.17) is 0 Å². The van der Waals surface area contributed by atoms with Gasteiger partial charge in [0.1, 0.15) is 0 Å². The van der Waals surface area contributed by atoms with E-state index in [0.29, 0.717) is 10.8 Å². The van der Waals surface area contributed by atoms with Gasteiger partial charge < -0.3 is 0 Å². The third-order valence-corrected chi connectivity index (χ3v) is 8.85. The van der Waals surface area contributed by atoms with Crippen LogP contribution in [0.1, 0.15) is 71.6 Å². The molecule has 0 aromatic rings. The average Bonchev–Trinajstić information content (AvgIpc) is 2.82. The Labute approximate surface area is 143 Å². The molecule has 4 aliphatic rings. The first-order valence-electron chi connectivity index (χ1n) is 9.90. The normalized spacial score (nSPS) is 49.3. The highest BCUT2D eigenvalue weighted by Gasteiger charge is 2.60. The van der Waals surface area contributed by atoms with Gasteiger partial charge in [0.25, 0.3) is 0 Å². The second-order valence-electron chi connectivity index (χ2n) is 9.52. The predicted octanol–water partition coefficient (Wildman–Crippen LogP) is 6.70. The molecule has 126 valence electrons. The van der Waals surface area contributed by atoms with Crippen molar-refractivity contribution in [2.45, 2.75) is 71.6 Å². The lowest BCUT2D eigenvalue weighted by Crippen LogP contribution is -2.53. The van der Waals surface area contributed by atoms with Gasteiger partial charge in [0, 0.05) is 0 Å². The first-order valence-corrected chi connectivity index (χ1v) is 9.90. The molecule has 0 N–H and O–H groups in total. The Morgan fingerprint density at radius 1 is 1.00 bits per heavy atom. The van der Waals surface area contributed by atoms with Crippen molar-refractivity contribution in [3.05, 3.63) is 36.5 Å². The molecule has 6 unspecified atom stereocenters. The molecule has 0 radical (unpaired) electrons. The molecule has 4 fully saturated rings. The lowest BCUT2D eigenvalue weighted by molar-refractivity contribution is -0.0798. The van der Waals surface area contributed by atoms with Gasteiger partial charge >= 0.3 is 0 Å². The van der Waals surface area contributed by atoms with Crippen LogP contribution in [0, 0.1) is 34.5 Å². The average molecular weight is 311 g/mol. The van der Waals surface area contributed by atoms with E-state index < -0.39 is 0 Å². The van der Waals surface area contributed by atoms with Crippen LogP contribution in [0.2, 0.25) is 0 Å². The maximum absolute atomic E-state index is 4.54. The minimum atomic E-state index is 0.426. The fourth-order valence-electron chi connectivity index (χ4n) is 7.58. The molecule has 0 heteroatoms. The summed E-state index contributed by atoms with van der Waals surface area (Å²) in [5, 5.41) is 0. The molecule has 0 aromatic heterocycles. The van der Waals surface area contributed by atoms with Gasteiger partial charge in [0.2, 0.25) is 0 Å². The fourth-order valence-corrected chi connectivity index (χ4v) is 7.58. The van der Waals surface area contributed by atoms with Crippen LogP contribution in [0.5, 0.6) is 0 Å². The van der Waals surface area contributed by atoms with E-state index in [2.05, 4.69) is 33.6 Å². The van der Waals surface area contributed by atoms with Gasteiger partial charge in [0.15, 0.2) is 0 Å². The molecule has 4 rings (SSSR count). The monoisotopic (exact) mass is 310 g/mol. The van der Waals surface area contributed by atoms with E-state index in [-0.39, 0.29) is 0 Å². The van der Waals surface area contributed by atoms with Gasteiger partial charge in [-0.2, -0.15) is 0 Å². The van der Waals surface area contributed by atoms with Crippen molar-refractivity contribution in [2.75, 3.05) is 0 Å². The standard InChI is InChI=1S/C23H34/c1-15(2)23-13-10-16(3)14-18(23)7-8-19-20-9-6-17(4)22(20,5)12-11-21(19)23/h18-21H,1,3-4,6-14H2,2,5H3. The zero-order chi connectivity index (χ0) is 16.4. The number of allylic oxidation sites excluding steroid dienone is 3. The summed E-state index contributed by atoms with van der Waals surface area (Å²) in [6.07, 6.45) is 12.2. The van der Waals surface area contributed by atoms with Gasteiger partial charge in [0.05, 0.1) is 0 Å². The van der Waals surface area contributed by atoms with E-state index in [9.17, 15) is 0 Å². The summed E-state index contributed by atoms with van der Waals surface area (Å²) < 4.78 is 0. The van der Waals surface area contributed by atoms with Crippen molar-refractivity contribution >= 4 is 0 Å². The molecular weight excluding hydrogens is 276 g/mol. The summed E-state index contributed by atoms with van der Waals surface area (Å²) in [7, 11) is 0. The molecule has 4 aliphatic carbocycles. The largest absolute Gasteiger partial charge is 0.0999 e. The molecule has 0 aromatic carbocycles. The highest BCUT2D eigenvalue weighted by molar-refractivity contribution is 5.26. The number of rotatable bonds is 1. The fraction of sp³-hybridized carbons (Fsp3) is 0.739. The molecule has 6 atom stereocenters. The summed E-state index contributed by atoms with van der Waals surface area (Å²) in [6, 6.07) is 0. The van der Waals surface area contributed by atoms with E-state index in [0.717, 1.165) is 23.7 Å². The van der Waals surface area contributed by atoms with Crippen molar-refractivity contribution in [1.82, 2.24) is 0 Å².